The Kier molecular flexibility index (Phi) is 4.97. The van der Waals surface area contributed by atoms with E-state index in [2.05, 4.69) is 35.9 Å². The van der Waals surface area contributed by atoms with Crippen LogP contribution in [0.5, 0.6) is 0 Å². The summed E-state index contributed by atoms with van der Waals surface area (Å²) in [5.74, 6) is 0.684. The number of hydrogen-bond acceptors (Lipinski definition) is 7. The minimum Gasteiger partial charge on any atom is -0.369 e. The third-order valence-corrected chi connectivity index (χ3v) is 4.57. The Balaban J connectivity index is 1.86. The van der Waals surface area contributed by atoms with Crippen LogP contribution in [-0.4, -0.2) is 44.5 Å². The van der Waals surface area contributed by atoms with Crippen molar-refractivity contribution in [3.63, 3.8) is 0 Å². The summed E-state index contributed by atoms with van der Waals surface area (Å²) in [6.07, 6.45) is 3.12. The van der Waals surface area contributed by atoms with Crippen LogP contribution in [0, 0.1) is 5.82 Å². The van der Waals surface area contributed by atoms with E-state index in [0.29, 0.717) is 42.7 Å². The maximum atomic E-state index is 13.6. The number of pyridine rings is 1. The molecule has 1 aliphatic heterocycles. The number of rotatable bonds is 6. The van der Waals surface area contributed by atoms with Crippen molar-refractivity contribution >= 4 is 17.7 Å². The quantitative estimate of drug-likeness (QED) is 0.721. The number of carbonyl (C=O) groups excluding carboxylic acids is 1. The highest BCUT2D eigenvalue weighted by Crippen LogP contribution is 2.33. The Bertz CT molecular complexity index is 815. The molecule has 138 valence electrons. The number of fused-ring (bicyclic) bond motifs is 1. The van der Waals surface area contributed by atoms with Crippen molar-refractivity contribution in [2.45, 2.75) is 38.6 Å². The fourth-order valence-corrected chi connectivity index (χ4v) is 2.85. The van der Waals surface area contributed by atoms with Gasteiger partial charge >= 0.3 is 0 Å². The lowest BCUT2D eigenvalue weighted by molar-refractivity contribution is -0.125. The number of halogens is 1. The monoisotopic (exact) mass is 359 g/mol. The molecule has 1 unspecified atom stereocenters. The molecule has 1 amide bonds. The molecular formula is C17H22FN7O. The summed E-state index contributed by atoms with van der Waals surface area (Å²) in [5, 5.41) is 9.05. The molecular weight excluding hydrogens is 337 g/mol. The maximum absolute atomic E-state index is 13.6. The zero-order valence-corrected chi connectivity index (χ0v) is 15.0. The zero-order valence-electron chi connectivity index (χ0n) is 15.0. The molecule has 2 aromatic rings. The van der Waals surface area contributed by atoms with Crippen LogP contribution >= 0.6 is 0 Å². The molecule has 3 rings (SSSR count). The first-order valence-corrected chi connectivity index (χ1v) is 8.61. The molecule has 9 heteroatoms. The van der Waals surface area contributed by atoms with Crippen LogP contribution in [0.15, 0.2) is 18.6 Å². The van der Waals surface area contributed by atoms with Gasteiger partial charge in [-0.15, -0.1) is 0 Å². The van der Waals surface area contributed by atoms with Crippen LogP contribution in [0.1, 0.15) is 44.5 Å². The van der Waals surface area contributed by atoms with E-state index in [1.807, 2.05) is 13.8 Å². The van der Waals surface area contributed by atoms with Gasteiger partial charge in [0.05, 0.1) is 12.1 Å². The number of anilines is 2. The smallest absolute Gasteiger partial charge is 0.245 e. The molecule has 1 aliphatic rings. The van der Waals surface area contributed by atoms with Crippen LogP contribution in [-0.2, 0) is 4.79 Å². The Morgan fingerprint density at radius 1 is 1.38 bits per heavy atom. The van der Waals surface area contributed by atoms with E-state index in [-0.39, 0.29) is 11.8 Å². The lowest BCUT2D eigenvalue weighted by atomic mass is 9.98. The van der Waals surface area contributed by atoms with E-state index < -0.39 is 11.4 Å². The average molecular weight is 359 g/mol. The van der Waals surface area contributed by atoms with Gasteiger partial charge in [0, 0.05) is 18.7 Å². The van der Waals surface area contributed by atoms with Gasteiger partial charge in [0.2, 0.25) is 11.9 Å². The first-order valence-electron chi connectivity index (χ1n) is 8.61. The van der Waals surface area contributed by atoms with Gasteiger partial charge in [-0.3, -0.25) is 4.79 Å². The summed E-state index contributed by atoms with van der Waals surface area (Å²) in [6, 6.07) is 1.44. The molecule has 2 atom stereocenters. The van der Waals surface area contributed by atoms with Crippen molar-refractivity contribution < 1.29 is 9.18 Å². The van der Waals surface area contributed by atoms with Gasteiger partial charge in [0.15, 0.2) is 0 Å². The fourth-order valence-electron chi connectivity index (χ4n) is 2.85. The van der Waals surface area contributed by atoms with Crippen molar-refractivity contribution in [3.8, 4) is 0 Å². The number of amides is 1. The molecule has 0 radical (unpaired) electrons. The Morgan fingerprint density at radius 3 is 2.92 bits per heavy atom. The largest absolute Gasteiger partial charge is 0.369 e. The van der Waals surface area contributed by atoms with Crippen LogP contribution < -0.4 is 16.0 Å². The second kappa shape index (κ2) is 7.19. The highest BCUT2D eigenvalue weighted by Gasteiger charge is 2.33. The SMILES string of the molecule is CCNC(=O)[C@@](C)(CC)Nc1ncnc(C2CNc3ncc(F)cc32)n1. The molecule has 26 heavy (non-hydrogen) atoms. The third kappa shape index (κ3) is 3.42. The first-order chi connectivity index (χ1) is 12.5. The normalized spacial score (nSPS) is 17.8. The predicted molar refractivity (Wildman–Crippen MR) is 95.4 cm³/mol. The number of carbonyl (C=O) groups is 1. The summed E-state index contributed by atoms with van der Waals surface area (Å²) < 4.78 is 13.6. The van der Waals surface area contributed by atoms with E-state index in [1.165, 1.54) is 18.6 Å². The number of nitrogens with zero attached hydrogens (tertiary/aromatic N) is 4. The summed E-state index contributed by atoms with van der Waals surface area (Å²) in [7, 11) is 0. The van der Waals surface area contributed by atoms with Gasteiger partial charge in [0.25, 0.3) is 0 Å². The van der Waals surface area contributed by atoms with Gasteiger partial charge in [-0.2, -0.15) is 4.98 Å². The molecule has 0 spiro atoms. The molecule has 0 fully saturated rings. The summed E-state index contributed by atoms with van der Waals surface area (Å²) >= 11 is 0. The van der Waals surface area contributed by atoms with Crippen LogP contribution in [0.25, 0.3) is 0 Å². The molecule has 0 saturated carbocycles. The lowest BCUT2D eigenvalue weighted by Gasteiger charge is -2.28. The highest BCUT2D eigenvalue weighted by molar-refractivity contribution is 5.88. The van der Waals surface area contributed by atoms with E-state index in [1.54, 1.807) is 6.92 Å². The standard InChI is InChI=1S/C17H22FN7O/c1-4-17(3,15(26)19-5-2)25-16-23-9-22-14(24-16)12-8-21-13-11(12)6-10(18)7-20-13/h6-7,9,12H,4-5,8H2,1-3H3,(H,19,26)(H,20,21)(H,22,23,24,25)/t12?,17-/m1/s1. The molecule has 0 bridgehead atoms. The second-order valence-corrected chi connectivity index (χ2v) is 6.36. The van der Waals surface area contributed by atoms with Crippen molar-refractivity contribution in [2.24, 2.45) is 0 Å². The number of hydrogen-bond donors (Lipinski definition) is 3. The van der Waals surface area contributed by atoms with E-state index >= 15 is 0 Å². The number of aromatic nitrogens is 4. The average Bonchev–Trinajstić information content (AvgIpc) is 3.05. The fraction of sp³-hybridized carbons (Fsp3) is 0.471. The molecule has 0 saturated heterocycles. The van der Waals surface area contributed by atoms with Crippen molar-refractivity contribution in [2.75, 3.05) is 23.7 Å². The number of nitrogens with one attached hydrogen (secondary N) is 3. The van der Waals surface area contributed by atoms with E-state index in [0.717, 1.165) is 0 Å². The van der Waals surface area contributed by atoms with Gasteiger partial charge in [-0.1, -0.05) is 6.92 Å². The Morgan fingerprint density at radius 2 is 2.19 bits per heavy atom. The summed E-state index contributed by atoms with van der Waals surface area (Å²) in [5.41, 5.74) is -0.127. The molecule has 3 N–H and O–H groups in total. The summed E-state index contributed by atoms with van der Waals surface area (Å²) in [6.45, 7) is 6.65. The van der Waals surface area contributed by atoms with Crippen LogP contribution in [0.2, 0.25) is 0 Å². The predicted octanol–water partition coefficient (Wildman–Crippen LogP) is 1.68. The van der Waals surface area contributed by atoms with E-state index in [4.69, 9.17) is 0 Å². The van der Waals surface area contributed by atoms with Gasteiger partial charge in [0.1, 0.15) is 29.3 Å². The minimum atomic E-state index is -0.839. The highest BCUT2D eigenvalue weighted by atomic mass is 19.1. The van der Waals surface area contributed by atoms with Gasteiger partial charge in [-0.25, -0.2) is 19.3 Å². The van der Waals surface area contributed by atoms with Crippen LogP contribution in [0.4, 0.5) is 16.2 Å². The topological polar surface area (TPSA) is 105 Å². The Labute approximate surface area is 151 Å². The van der Waals surface area contributed by atoms with Crippen molar-refractivity contribution in [3.05, 3.63) is 35.8 Å². The van der Waals surface area contributed by atoms with Crippen molar-refractivity contribution in [1.82, 2.24) is 25.3 Å². The first kappa shape index (κ1) is 18.0. The minimum absolute atomic E-state index is 0.122. The number of likely N-dealkylation sites (N-methyl/N-ethyl adjacent to an activating group) is 1. The molecule has 0 aliphatic carbocycles. The van der Waals surface area contributed by atoms with Crippen LogP contribution in [0.3, 0.4) is 0 Å². The third-order valence-electron chi connectivity index (χ3n) is 4.57. The Hall–Kier alpha value is -2.84. The van der Waals surface area contributed by atoms with E-state index in [9.17, 15) is 9.18 Å². The summed E-state index contributed by atoms with van der Waals surface area (Å²) in [4.78, 5) is 29.2. The molecule has 8 nitrogen and oxygen atoms in total. The lowest BCUT2D eigenvalue weighted by Crippen LogP contribution is -2.50. The zero-order chi connectivity index (χ0) is 18.7. The van der Waals surface area contributed by atoms with Gasteiger partial charge < -0.3 is 16.0 Å². The second-order valence-electron chi connectivity index (χ2n) is 6.36. The van der Waals surface area contributed by atoms with Crippen molar-refractivity contribution in [1.29, 1.82) is 0 Å². The van der Waals surface area contributed by atoms with Gasteiger partial charge in [-0.05, 0) is 26.3 Å². The molecule has 0 aromatic carbocycles. The maximum Gasteiger partial charge on any atom is 0.245 e. The molecule has 3 heterocycles. The molecule has 2 aromatic heterocycles.